The Labute approximate surface area is 139 Å². The van der Waals surface area contributed by atoms with Gasteiger partial charge in [-0.15, -0.1) is 0 Å². The molecular weight excluding hydrogens is 304 g/mol. The maximum Gasteiger partial charge on any atom is 0.274 e. The zero-order chi connectivity index (χ0) is 16.7. The van der Waals surface area contributed by atoms with Crippen LogP contribution in [0.5, 0.6) is 0 Å². The van der Waals surface area contributed by atoms with E-state index in [9.17, 15) is 4.79 Å². The van der Waals surface area contributed by atoms with Gasteiger partial charge in [-0.3, -0.25) is 9.48 Å². The number of pyridine rings is 1. The van der Waals surface area contributed by atoms with E-state index in [1.807, 2.05) is 41.8 Å². The summed E-state index contributed by atoms with van der Waals surface area (Å²) in [5, 5.41) is 4.32. The first kappa shape index (κ1) is 14.9. The summed E-state index contributed by atoms with van der Waals surface area (Å²) in [7, 11) is 1.99. The summed E-state index contributed by atoms with van der Waals surface area (Å²) in [6.07, 6.45) is 4.54. The molecule has 3 aromatic rings. The molecule has 0 bridgehead atoms. The van der Waals surface area contributed by atoms with Crippen LogP contribution in [0.15, 0.2) is 30.6 Å². The number of hydrogen-bond acceptors (Lipinski definition) is 4. The highest BCUT2D eigenvalue weighted by Gasteiger charge is 2.31. The molecule has 0 aromatic carbocycles. The van der Waals surface area contributed by atoms with Crippen LogP contribution in [0.4, 0.5) is 0 Å². The summed E-state index contributed by atoms with van der Waals surface area (Å²) in [4.78, 5) is 23.6. The average molecular weight is 324 g/mol. The highest BCUT2D eigenvalue weighted by molar-refractivity contribution is 5.92. The zero-order valence-corrected chi connectivity index (χ0v) is 13.9. The summed E-state index contributed by atoms with van der Waals surface area (Å²) in [5.41, 5.74) is 2.31. The number of likely N-dealkylation sites (tertiary alicyclic amines) is 1. The fourth-order valence-electron chi connectivity index (χ4n) is 3.38. The third-order valence-corrected chi connectivity index (χ3v) is 4.69. The molecular formula is C17H20N6O. The highest BCUT2D eigenvalue weighted by atomic mass is 16.2. The molecule has 1 atom stereocenters. The standard InChI is InChI=1S/C17H20N6O/c1-3-23-10-7-14(20-23)17(24)22-9-6-12(11-22)15-19-13-5-4-8-18-16(13)21(15)2/h4-5,7-8,10,12H,3,6,9,11H2,1-2H3/t12-/m0/s1. The van der Waals surface area contributed by atoms with E-state index >= 15 is 0 Å². The van der Waals surface area contributed by atoms with E-state index in [2.05, 4.69) is 10.1 Å². The quantitative estimate of drug-likeness (QED) is 0.737. The van der Waals surface area contributed by atoms with Gasteiger partial charge in [-0.1, -0.05) is 0 Å². The molecule has 1 fully saturated rings. The number of aromatic nitrogens is 5. The first-order chi connectivity index (χ1) is 11.7. The summed E-state index contributed by atoms with van der Waals surface area (Å²) in [6, 6.07) is 5.66. The van der Waals surface area contributed by atoms with E-state index in [-0.39, 0.29) is 11.8 Å². The highest BCUT2D eigenvalue weighted by Crippen LogP contribution is 2.28. The molecule has 1 saturated heterocycles. The zero-order valence-electron chi connectivity index (χ0n) is 13.9. The first-order valence-corrected chi connectivity index (χ1v) is 8.27. The number of amides is 1. The third kappa shape index (κ3) is 2.36. The van der Waals surface area contributed by atoms with Gasteiger partial charge in [0.2, 0.25) is 0 Å². The Bertz CT molecular complexity index is 896. The molecule has 4 heterocycles. The van der Waals surface area contributed by atoms with Crippen molar-refractivity contribution in [3.63, 3.8) is 0 Å². The molecule has 1 amide bonds. The van der Waals surface area contributed by atoms with Crippen LogP contribution in [-0.4, -0.2) is 48.2 Å². The lowest BCUT2D eigenvalue weighted by Gasteiger charge is -2.15. The Kier molecular flexibility index (Phi) is 3.55. The maximum absolute atomic E-state index is 12.6. The molecule has 3 aromatic heterocycles. The lowest BCUT2D eigenvalue weighted by atomic mass is 10.1. The van der Waals surface area contributed by atoms with E-state index in [0.717, 1.165) is 36.5 Å². The fourth-order valence-corrected chi connectivity index (χ4v) is 3.38. The smallest absolute Gasteiger partial charge is 0.274 e. The van der Waals surface area contributed by atoms with Crippen LogP contribution in [0.3, 0.4) is 0 Å². The van der Waals surface area contributed by atoms with Crippen molar-refractivity contribution in [1.29, 1.82) is 0 Å². The summed E-state index contributed by atoms with van der Waals surface area (Å²) >= 11 is 0. The van der Waals surface area contributed by atoms with Crippen LogP contribution in [0.25, 0.3) is 11.2 Å². The van der Waals surface area contributed by atoms with E-state index < -0.39 is 0 Å². The van der Waals surface area contributed by atoms with Gasteiger partial charge < -0.3 is 9.47 Å². The second-order valence-electron chi connectivity index (χ2n) is 6.17. The lowest BCUT2D eigenvalue weighted by molar-refractivity contribution is 0.0783. The van der Waals surface area contributed by atoms with E-state index in [4.69, 9.17) is 4.98 Å². The molecule has 7 heteroatoms. The minimum absolute atomic E-state index is 0.00147. The largest absolute Gasteiger partial charge is 0.336 e. The van der Waals surface area contributed by atoms with Gasteiger partial charge in [-0.25, -0.2) is 9.97 Å². The Morgan fingerprint density at radius 3 is 3.00 bits per heavy atom. The summed E-state index contributed by atoms with van der Waals surface area (Å²) < 4.78 is 3.82. The number of imidazole rings is 1. The minimum atomic E-state index is 0.00147. The Balaban J connectivity index is 1.55. The summed E-state index contributed by atoms with van der Waals surface area (Å²) in [6.45, 7) is 4.18. The maximum atomic E-state index is 12.6. The van der Waals surface area contributed by atoms with Gasteiger partial charge in [0.1, 0.15) is 17.0 Å². The molecule has 0 aliphatic carbocycles. The molecule has 0 unspecified atom stereocenters. The first-order valence-electron chi connectivity index (χ1n) is 8.27. The topological polar surface area (TPSA) is 68.8 Å². The molecule has 0 N–H and O–H groups in total. The van der Waals surface area contributed by atoms with Crippen molar-refractivity contribution in [2.75, 3.05) is 13.1 Å². The van der Waals surface area contributed by atoms with Crippen LogP contribution >= 0.6 is 0 Å². The van der Waals surface area contributed by atoms with Crippen molar-refractivity contribution in [3.8, 4) is 0 Å². The van der Waals surface area contributed by atoms with Crippen molar-refractivity contribution >= 4 is 17.1 Å². The number of carbonyl (C=O) groups is 1. The molecule has 4 rings (SSSR count). The molecule has 7 nitrogen and oxygen atoms in total. The normalized spacial score (nSPS) is 17.8. The molecule has 124 valence electrons. The molecule has 24 heavy (non-hydrogen) atoms. The van der Waals surface area contributed by atoms with Gasteiger partial charge >= 0.3 is 0 Å². The van der Waals surface area contributed by atoms with E-state index in [1.165, 1.54) is 0 Å². The van der Waals surface area contributed by atoms with Crippen LogP contribution in [0.2, 0.25) is 0 Å². The predicted octanol–water partition coefficient (Wildman–Crippen LogP) is 1.81. The molecule has 0 saturated carbocycles. The van der Waals surface area contributed by atoms with Crippen LogP contribution in [0, 0.1) is 0 Å². The van der Waals surface area contributed by atoms with Crippen molar-refractivity contribution < 1.29 is 4.79 Å². The fraction of sp³-hybridized carbons (Fsp3) is 0.412. The van der Waals surface area contributed by atoms with Crippen LogP contribution < -0.4 is 0 Å². The minimum Gasteiger partial charge on any atom is -0.336 e. The molecule has 0 spiro atoms. The number of hydrogen-bond donors (Lipinski definition) is 0. The second kappa shape index (κ2) is 5.74. The molecule has 1 aliphatic heterocycles. The van der Waals surface area contributed by atoms with E-state index in [1.54, 1.807) is 16.9 Å². The third-order valence-electron chi connectivity index (χ3n) is 4.69. The number of carbonyl (C=O) groups excluding carboxylic acids is 1. The van der Waals surface area contributed by atoms with Crippen LogP contribution in [-0.2, 0) is 13.6 Å². The van der Waals surface area contributed by atoms with E-state index in [0.29, 0.717) is 12.2 Å². The second-order valence-corrected chi connectivity index (χ2v) is 6.17. The molecule has 1 aliphatic rings. The Morgan fingerprint density at radius 1 is 1.38 bits per heavy atom. The van der Waals surface area contributed by atoms with Gasteiger partial charge in [0.25, 0.3) is 5.91 Å². The average Bonchev–Trinajstić information content (AvgIpc) is 3.33. The number of aryl methyl sites for hydroxylation is 2. The van der Waals surface area contributed by atoms with Gasteiger partial charge in [0, 0.05) is 45.0 Å². The SMILES string of the molecule is CCn1ccc(C(=O)N2CC[C@H](c3nc4cccnc4n3C)C2)n1. The Hall–Kier alpha value is -2.70. The summed E-state index contributed by atoms with van der Waals surface area (Å²) in [5.74, 6) is 1.24. The number of fused-ring (bicyclic) bond motifs is 1. The van der Waals surface area contributed by atoms with Crippen molar-refractivity contribution in [2.45, 2.75) is 25.8 Å². The van der Waals surface area contributed by atoms with Gasteiger partial charge in [0.05, 0.1) is 0 Å². The van der Waals surface area contributed by atoms with Crippen molar-refractivity contribution in [2.24, 2.45) is 7.05 Å². The Morgan fingerprint density at radius 2 is 2.25 bits per heavy atom. The lowest BCUT2D eigenvalue weighted by Crippen LogP contribution is -2.29. The van der Waals surface area contributed by atoms with Crippen molar-refractivity contribution in [3.05, 3.63) is 42.1 Å². The monoisotopic (exact) mass is 324 g/mol. The van der Waals surface area contributed by atoms with Gasteiger partial charge in [-0.05, 0) is 31.5 Å². The number of nitrogens with zero attached hydrogens (tertiary/aromatic N) is 6. The molecule has 0 radical (unpaired) electrons. The van der Waals surface area contributed by atoms with Gasteiger partial charge in [0.15, 0.2) is 5.65 Å². The van der Waals surface area contributed by atoms with Gasteiger partial charge in [-0.2, -0.15) is 5.10 Å². The van der Waals surface area contributed by atoms with Crippen molar-refractivity contribution in [1.82, 2.24) is 29.2 Å². The number of rotatable bonds is 3. The van der Waals surface area contributed by atoms with Crippen LogP contribution in [0.1, 0.15) is 35.6 Å². The predicted molar refractivity (Wildman–Crippen MR) is 89.7 cm³/mol.